The van der Waals surface area contributed by atoms with Crippen LogP contribution in [0, 0.1) is 5.92 Å². The smallest absolute Gasteiger partial charge is 0.0895 e. The van der Waals surface area contributed by atoms with E-state index in [2.05, 4.69) is 21.4 Å². The van der Waals surface area contributed by atoms with Crippen LogP contribution in [0.15, 0.2) is 5.38 Å². The van der Waals surface area contributed by atoms with Gasteiger partial charge in [0.25, 0.3) is 0 Å². The number of rotatable bonds is 3. The van der Waals surface area contributed by atoms with E-state index in [4.69, 9.17) is 5.73 Å². The zero-order valence-electron chi connectivity index (χ0n) is 9.50. The quantitative estimate of drug-likeness (QED) is 0.898. The van der Waals surface area contributed by atoms with Crippen LogP contribution in [0.5, 0.6) is 0 Å². The molecule has 2 atom stereocenters. The number of likely N-dealkylation sites (tertiary alicyclic amines) is 1. The molecule has 2 heterocycles. The molecule has 0 aliphatic carbocycles. The number of hydrogen-bond donors (Lipinski definition) is 1. The molecule has 1 fully saturated rings. The maximum Gasteiger partial charge on any atom is 0.0895 e. The Balaban J connectivity index is 0.00000128. The van der Waals surface area contributed by atoms with Gasteiger partial charge in [0.05, 0.1) is 5.69 Å². The van der Waals surface area contributed by atoms with Crippen LogP contribution >= 0.6 is 23.9 Å². The van der Waals surface area contributed by atoms with Crippen LogP contribution in [0.2, 0.25) is 0 Å². The first kappa shape index (κ1) is 13.8. The van der Waals surface area contributed by atoms with Crippen molar-refractivity contribution in [1.82, 2.24) is 14.5 Å². The van der Waals surface area contributed by atoms with Gasteiger partial charge in [-0.15, -0.1) is 17.5 Å². The van der Waals surface area contributed by atoms with Gasteiger partial charge in [-0.25, -0.2) is 0 Å². The van der Waals surface area contributed by atoms with Gasteiger partial charge in [-0.2, -0.15) is 0 Å². The summed E-state index contributed by atoms with van der Waals surface area (Å²) in [4.78, 5) is 2.44. The van der Waals surface area contributed by atoms with Gasteiger partial charge in [0.2, 0.25) is 0 Å². The molecular formula is C10H19ClN4S. The lowest BCUT2D eigenvalue weighted by Crippen LogP contribution is -2.41. The van der Waals surface area contributed by atoms with Crippen molar-refractivity contribution in [2.45, 2.75) is 32.4 Å². The van der Waals surface area contributed by atoms with Crippen LogP contribution in [0.3, 0.4) is 0 Å². The highest BCUT2D eigenvalue weighted by Crippen LogP contribution is 2.20. The molecular weight excluding hydrogens is 244 g/mol. The third-order valence-electron chi connectivity index (χ3n) is 3.08. The lowest BCUT2D eigenvalue weighted by molar-refractivity contribution is 0.153. The third kappa shape index (κ3) is 3.66. The van der Waals surface area contributed by atoms with Crippen molar-refractivity contribution in [1.29, 1.82) is 0 Å². The summed E-state index contributed by atoms with van der Waals surface area (Å²) in [7, 11) is 0. The fourth-order valence-electron chi connectivity index (χ4n) is 2.15. The molecule has 0 aromatic carbocycles. The predicted octanol–water partition coefficient (Wildman–Crippen LogP) is 1.52. The number of piperidine rings is 1. The molecule has 0 spiro atoms. The Kier molecular flexibility index (Phi) is 5.61. The van der Waals surface area contributed by atoms with E-state index in [1.165, 1.54) is 30.9 Å². The molecule has 0 bridgehead atoms. The minimum Gasteiger partial charge on any atom is -0.328 e. The van der Waals surface area contributed by atoms with Gasteiger partial charge in [-0.3, -0.25) is 4.90 Å². The minimum atomic E-state index is 0. The summed E-state index contributed by atoms with van der Waals surface area (Å²) in [6, 6.07) is 0.307. The lowest BCUT2D eigenvalue weighted by atomic mass is 9.92. The van der Waals surface area contributed by atoms with Gasteiger partial charge in [-0.05, 0) is 43.8 Å². The molecule has 92 valence electrons. The van der Waals surface area contributed by atoms with E-state index < -0.39 is 0 Å². The Bertz CT molecular complexity index is 291. The molecule has 0 saturated carbocycles. The molecule has 1 aromatic rings. The summed E-state index contributed by atoms with van der Waals surface area (Å²) >= 11 is 1.42. The summed E-state index contributed by atoms with van der Waals surface area (Å²) in [6.45, 7) is 5.31. The Hall–Kier alpha value is -0.230. The number of halogens is 1. The first-order valence-electron chi connectivity index (χ1n) is 5.49. The van der Waals surface area contributed by atoms with E-state index >= 15 is 0 Å². The van der Waals surface area contributed by atoms with Crippen molar-refractivity contribution in [3.05, 3.63) is 11.1 Å². The van der Waals surface area contributed by atoms with Gasteiger partial charge >= 0.3 is 0 Å². The second-order valence-corrected chi connectivity index (χ2v) is 5.00. The van der Waals surface area contributed by atoms with Gasteiger partial charge < -0.3 is 5.73 Å². The average Bonchev–Trinajstić information content (AvgIpc) is 2.71. The molecule has 1 aliphatic heterocycles. The van der Waals surface area contributed by atoms with E-state index in [9.17, 15) is 0 Å². The maximum atomic E-state index is 5.95. The highest BCUT2D eigenvalue weighted by molar-refractivity contribution is 7.03. The van der Waals surface area contributed by atoms with E-state index in [-0.39, 0.29) is 12.4 Å². The Morgan fingerprint density at radius 1 is 1.69 bits per heavy atom. The van der Waals surface area contributed by atoms with Crippen LogP contribution in [-0.2, 0) is 6.54 Å². The number of nitrogens with zero attached hydrogens (tertiary/aromatic N) is 3. The zero-order chi connectivity index (χ0) is 10.7. The van der Waals surface area contributed by atoms with Crippen LogP contribution < -0.4 is 5.73 Å². The van der Waals surface area contributed by atoms with Crippen LogP contribution in [0.4, 0.5) is 0 Å². The van der Waals surface area contributed by atoms with E-state index in [1.54, 1.807) is 0 Å². The highest BCUT2D eigenvalue weighted by Gasteiger charge is 2.22. The van der Waals surface area contributed by atoms with Gasteiger partial charge in [0.15, 0.2) is 0 Å². The van der Waals surface area contributed by atoms with Crippen LogP contribution in [0.25, 0.3) is 0 Å². The molecule has 6 heteroatoms. The number of aromatic nitrogens is 2. The summed E-state index contributed by atoms with van der Waals surface area (Å²) in [5.41, 5.74) is 7.04. The second kappa shape index (κ2) is 6.49. The molecule has 16 heavy (non-hydrogen) atoms. The Labute approximate surface area is 107 Å². The summed E-state index contributed by atoms with van der Waals surface area (Å²) in [5.74, 6) is 0.644. The van der Waals surface area contributed by atoms with Crippen molar-refractivity contribution < 1.29 is 0 Å². The van der Waals surface area contributed by atoms with Gasteiger partial charge in [-0.1, -0.05) is 4.49 Å². The Morgan fingerprint density at radius 2 is 2.50 bits per heavy atom. The molecule has 0 amide bonds. The predicted molar refractivity (Wildman–Crippen MR) is 68.8 cm³/mol. The molecule has 1 aliphatic rings. The normalized spacial score (nSPS) is 23.8. The van der Waals surface area contributed by atoms with Crippen molar-refractivity contribution in [2.24, 2.45) is 11.7 Å². The summed E-state index contributed by atoms with van der Waals surface area (Å²) in [5, 5.41) is 6.10. The largest absolute Gasteiger partial charge is 0.328 e. The molecule has 1 saturated heterocycles. The molecule has 2 unspecified atom stereocenters. The standard InChI is InChI=1S/C10H18N4S.ClH/c1-8(11)9-3-2-4-14(5-9)6-10-7-15-13-12-10;/h7-9H,2-6,11H2,1H3;1H. The average molecular weight is 263 g/mol. The second-order valence-electron chi connectivity index (χ2n) is 4.39. The topological polar surface area (TPSA) is 55.0 Å². The minimum absolute atomic E-state index is 0. The van der Waals surface area contributed by atoms with Gasteiger partial charge in [0, 0.05) is 24.5 Å². The van der Waals surface area contributed by atoms with E-state index in [0.29, 0.717) is 12.0 Å². The zero-order valence-corrected chi connectivity index (χ0v) is 11.1. The van der Waals surface area contributed by atoms with Crippen LogP contribution in [0.1, 0.15) is 25.5 Å². The highest BCUT2D eigenvalue weighted by atomic mass is 35.5. The van der Waals surface area contributed by atoms with Crippen molar-refractivity contribution in [2.75, 3.05) is 13.1 Å². The number of hydrogen-bond acceptors (Lipinski definition) is 5. The molecule has 2 rings (SSSR count). The van der Waals surface area contributed by atoms with E-state index in [0.717, 1.165) is 18.8 Å². The van der Waals surface area contributed by atoms with Gasteiger partial charge in [0.1, 0.15) is 0 Å². The first-order valence-corrected chi connectivity index (χ1v) is 6.33. The molecule has 2 N–H and O–H groups in total. The molecule has 0 radical (unpaired) electrons. The van der Waals surface area contributed by atoms with Crippen LogP contribution in [-0.4, -0.2) is 33.6 Å². The maximum absolute atomic E-state index is 5.95. The van der Waals surface area contributed by atoms with Crippen molar-refractivity contribution in [3.8, 4) is 0 Å². The van der Waals surface area contributed by atoms with Crippen molar-refractivity contribution >= 4 is 23.9 Å². The fraction of sp³-hybridized carbons (Fsp3) is 0.800. The molecule has 1 aromatic heterocycles. The number of nitrogens with two attached hydrogens (primary N) is 1. The third-order valence-corrected chi connectivity index (χ3v) is 3.63. The monoisotopic (exact) mass is 262 g/mol. The lowest BCUT2D eigenvalue weighted by Gasteiger charge is -2.34. The first-order chi connectivity index (χ1) is 7.25. The Morgan fingerprint density at radius 3 is 3.12 bits per heavy atom. The fourth-order valence-corrected chi connectivity index (χ4v) is 2.59. The summed E-state index contributed by atoms with van der Waals surface area (Å²) < 4.78 is 3.88. The molecule has 4 nitrogen and oxygen atoms in total. The van der Waals surface area contributed by atoms with E-state index in [1.807, 2.05) is 5.38 Å². The summed E-state index contributed by atoms with van der Waals surface area (Å²) in [6.07, 6.45) is 2.52. The van der Waals surface area contributed by atoms with Crippen molar-refractivity contribution in [3.63, 3.8) is 0 Å². The SMILES string of the molecule is CC(N)C1CCCN(Cc2csnn2)C1.Cl.